The lowest BCUT2D eigenvalue weighted by molar-refractivity contribution is 1.18. The number of nitrogens with zero attached hydrogens (tertiary/aromatic N) is 2. The van der Waals surface area contributed by atoms with E-state index in [9.17, 15) is 0 Å². The van der Waals surface area contributed by atoms with Gasteiger partial charge < -0.3 is 11.1 Å². The third kappa shape index (κ3) is 2.35. The normalized spacial score (nSPS) is 10.1. The fraction of sp³-hybridized carbons (Fsp3) is 0. The number of benzene rings is 1. The first-order valence-electron chi connectivity index (χ1n) is 4.46. The van der Waals surface area contributed by atoms with Crippen LogP contribution in [0.25, 0.3) is 0 Å². The fourth-order valence-electron chi connectivity index (χ4n) is 1.19. The summed E-state index contributed by atoms with van der Waals surface area (Å²) in [5, 5.41) is 4.02. The van der Waals surface area contributed by atoms with Crippen LogP contribution in [0.1, 0.15) is 0 Å². The largest absolute Gasteiger partial charge is 0.368 e. The molecule has 4 nitrogen and oxygen atoms in total. The average Bonchev–Trinajstić information content (AvgIpc) is 2.24. The summed E-state index contributed by atoms with van der Waals surface area (Å²) in [4.78, 5) is 7.78. The first-order valence-corrected chi connectivity index (χ1v) is 5.22. The molecule has 0 spiro atoms. The maximum Gasteiger partial charge on any atom is 0.221 e. The van der Waals surface area contributed by atoms with E-state index >= 15 is 0 Å². The van der Waals surface area contributed by atoms with Gasteiger partial charge in [-0.25, -0.2) is 4.98 Å². The zero-order valence-corrected chi connectivity index (χ0v) is 9.63. The number of nitrogen functional groups attached to an aromatic ring is 1. The number of aromatic nitrogens is 2. The van der Waals surface area contributed by atoms with Gasteiger partial charge in [0.15, 0.2) is 0 Å². The molecular weight excluding hydrogens is 247 g/mol. The van der Waals surface area contributed by atoms with Crippen LogP contribution in [-0.4, -0.2) is 9.97 Å². The van der Waals surface area contributed by atoms with Gasteiger partial charge in [0.25, 0.3) is 0 Å². The van der Waals surface area contributed by atoms with Crippen LogP contribution in [0.2, 0.25) is 10.0 Å². The first-order chi connectivity index (χ1) is 7.66. The summed E-state index contributed by atoms with van der Waals surface area (Å²) in [5.74, 6) is 0.732. The second-order valence-corrected chi connectivity index (χ2v) is 3.84. The highest BCUT2D eigenvalue weighted by atomic mass is 35.5. The van der Waals surface area contributed by atoms with Gasteiger partial charge in [-0.15, -0.1) is 0 Å². The molecule has 0 saturated heterocycles. The second kappa shape index (κ2) is 4.55. The van der Waals surface area contributed by atoms with Crippen molar-refractivity contribution in [2.45, 2.75) is 0 Å². The van der Waals surface area contributed by atoms with Gasteiger partial charge in [0.1, 0.15) is 5.82 Å². The van der Waals surface area contributed by atoms with Crippen LogP contribution in [0.5, 0.6) is 0 Å². The Morgan fingerprint density at radius 3 is 2.44 bits per heavy atom. The van der Waals surface area contributed by atoms with Crippen LogP contribution in [0, 0.1) is 0 Å². The highest BCUT2D eigenvalue weighted by Crippen LogP contribution is 2.31. The number of hydrogen-bond donors (Lipinski definition) is 2. The van der Waals surface area contributed by atoms with E-state index in [1.807, 2.05) is 0 Å². The molecule has 1 aromatic heterocycles. The Morgan fingerprint density at radius 1 is 1.12 bits per heavy atom. The van der Waals surface area contributed by atoms with Gasteiger partial charge in [-0.05, 0) is 18.2 Å². The molecule has 0 aliphatic carbocycles. The van der Waals surface area contributed by atoms with Crippen molar-refractivity contribution in [3.63, 3.8) is 0 Å². The van der Waals surface area contributed by atoms with Crippen molar-refractivity contribution in [3.8, 4) is 0 Å². The minimum atomic E-state index is 0.188. The van der Waals surface area contributed by atoms with Gasteiger partial charge in [0.2, 0.25) is 5.95 Å². The lowest BCUT2D eigenvalue weighted by Gasteiger charge is -2.09. The Kier molecular flexibility index (Phi) is 3.12. The molecule has 0 radical (unpaired) electrons. The zero-order valence-electron chi connectivity index (χ0n) is 8.11. The van der Waals surface area contributed by atoms with Crippen molar-refractivity contribution in [2.75, 3.05) is 11.1 Å². The summed E-state index contributed by atoms with van der Waals surface area (Å²) in [7, 11) is 0. The standard InChI is InChI=1S/C10H8Cl2N4/c11-6-2-1-3-7(12)9(6)15-8-4-5-14-10(13)16-8/h1-5H,(H3,13,14,15,16). The molecule has 0 aliphatic rings. The van der Waals surface area contributed by atoms with Gasteiger partial charge >= 0.3 is 0 Å². The van der Waals surface area contributed by atoms with E-state index in [1.165, 1.54) is 0 Å². The van der Waals surface area contributed by atoms with E-state index in [0.717, 1.165) is 0 Å². The van der Waals surface area contributed by atoms with E-state index in [4.69, 9.17) is 28.9 Å². The van der Waals surface area contributed by atoms with Crippen molar-refractivity contribution in [2.24, 2.45) is 0 Å². The Hall–Kier alpha value is -1.52. The molecule has 16 heavy (non-hydrogen) atoms. The summed E-state index contributed by atoms with van der Waals surface area (Å²) >= 11 is 12.0. The van der Waals surface area contributed by atoms with Crippen LogP contribution in [0.3, 0.4) is 0 Å². The minimum absolute atomic E-state index is 0.188. The van der Waals surface area contributed by atoms with Crippen LogP contribution in [-0.2, 0) is 0 Å². The third-order valence-corrected chi connectivity index (χ3v) is 2.52. The van der Waals surface area contributed by atoms with Gasteiger partial charge in [-0.2, -0.15) is 4.98 Å². The van der Waals surface area contributed by atoms with E-state index in [1.54, 1.807) is 30.5 Å². The molecular formula is C10H8Cl2N4. The van der Waals surface area contributed by atoms with Gasteiger partial charge in [-0.1, -0.05) is 29.3 Å². The van der Waals surface area contributed by atoms with Gasteiger partial charge in [-0.3, -0.25) is 0 Å². The maximum atomic E-state index is 6.00. The molecule has 2 aromatic rings. The van der Waals surface area contributed by atoms with Crippen LogP contribution in [0.15, 0.2) is 30.5 Å². The van der Waals surface area contributed by atoms with Gasteiger partial charge in [0, 0.05) is 6.20 Å². The minimum Gasteiger partial charge on any atom is -0.368 e. The topological polar surface area (TPSA) is 63.8 Å². The van der Waals surface area contributed by atoms with E-state index < -0.39 is 0 Å². The summed E-state index contributed by atoms with van der Waals surface area (Å²) in [5.41, 5.74) is 6.06. The molecule has 6 heteroatoms. The third-order valence-electron chi connectivity index (χ3n) is 1.89. The molecule has 0 bridgehead atoms. The number of halogens is 2. The van der Waals surface area contributed by atoms with Crippen molar-refractivity contribution in [1.29, 1.82) is 0 Å². The first kappa shape index (κ1) is 11.0. The number of nitrogens with two attached hydrogens (primary N) is 1. The lowest BCUT2D eigenvalue weighted by atomic mass is 10.3. The quantitative estimate of drug-likeness (QED) is 0.865. The number of rotatable bonds is 2. The van der Waals surface area contributed by atoms with E-state index in [-0.39, 0.29) is 5.95 Å². The predicted octanol–water partition coefficient (Wildman–Crippen LogP) is 3.11. The van der Waals surface area contributed by atoms with E-state index in [2.05, 4.69) is 15.3 Å². The van der Waals surface area contributed by atoms with E-state index in [0.29, 0.717) is 21.6 Å². The SMILES string of the molecule is Nc1nccc(Nc2c(Cl)cccc2Cl)n1. The van der Waals surface area contributed by atoms with Gasteiger partial charge in [0.05, 0.1) is 15.7 Å². The highest BCUT2D eigenvalue weighted by molar-refractivity contribution is 6.39. The molecule has 0 aliphatic heterocycles. The monoisotopic (exact) mass is 254 g/mol. The number of nitrogens with one attached hydrogen (secondary N) is 1. The summed E-state index contributed by atoms with van der Waals surface area (Å²) < 4.78 is 0. The molecule has 3 N–H and O–H groups in total. The van der Waals surface area contributed by atoms with Crippen LogP contribution in [0.4, 0.5) is 17.5 Å². The Labute approximate surface area is 102 Å². The molecule has 0 amide bonds. The molecule has 0 atom stereocenters. The molecule has 1 aromatic carbocycles. The maximum absolute atomic E-state index is 6.00. The number of hydrogen-bond acceptors (Lipinski definition) is 4. The molecule has 0 fully saturated rings. The van der Waals surface area contributed by atoms with Crippen LogP contribution < -0.4 is 11.1 Å². The number of anilines is 3. The van der Waals surface area contributed by atoms with Crippen molar-refractivity contribution in [3.05, 3.63) is 40.5 Å². The zero-order chi connectivity index (χ0) is 11.5. The van der Waals surface area contributed by atoms with Crippen LogP contribution >= 0.6 is 23.2 Å². The second-order valence-electron chi connectivity index (χ2n) is 3.02. The Morgan fingerprint density at radius 2 is 1.81 bits per heavy atom. The van der Waals surface area contributed by atoms with Crippen molar-refractivity contribution < 1.29 is 0 Å². The molecule has 2 rings (SSSR count). The predicted molar refractivity (Wildman–Crippen MR) is 66.2 cm³/mol. The smallest absolute Gasteiger partial charge is 0.221 e. The molecule has 82 valence electrons. The summed E-state index contributed by atoms with van der Waals surface area (Å²) in [6.07, 6.45) is 1.55. The van der Waals surface area contributed by atoms with Crippen molar-refractivity contribution >= 4 is 40.7 Å². The number of para-hydroxylation sites is 1. The average molecular weight is 255 g/mol. The fourth-order valence-corrected chi connectivity index (χ4v) is 1.68. The van der Waals surface area contributed by atoms with Crippen molar-refractivity contribution in [1.82, 2.24) is 9.97 Å². The lowest BCUT2D eigenvalue weighted by Crippen LogP contribution is -1.99. The summed E-state index contributed by atoms with van der Waals surface area (Å²) in [6.45, 7) is 0. The Balaban J connectivity index is 2.34. The molecule has 0 saturated carbocycles. The molecule has 0 unspecified atom stereocenters. The summed E-state index contributed by atoms with van der Waals surface area (Å²) in [6, 6.07) is 6.92. The Bertz CT molecular complexity index is 496. The highest BCUT2D eigenvalue weighted by Gasteiger charge is 2.06. The molecule has 1 heterocycles.